The first-order chi connectivity index (χ1) is 15.8. The number of hydrogen-bond donors (Lipinski definition) is 1. The molecular weight excluding hydrogens is 402 g/mol. The summed E-state index contributed by atoms with van der Waals surface area (Å²) in [7, 11) is 0. The van der Waals surface area contributed by atoms with Crippen LogP contribution >= 0.6 is 0 Å². The summed E-state index contributed by atoms with van der Waals surface area (Å²) < 4.78 is 7.38. The van der Waals surface area contributed by atoms with Gasteiger partial charge in [0.1, 0.15) is 18.2 Å². The van der Waals surface area contributed by atoms with Crippen molar-refractivity contribution >= 4 is 11.5 Å². The number of ether oxygens (including phenoxy) is 1. The quantitative estimate of drug-likeness (QED) is 0.575. The van der Waals surface area contributed by atoms with Crippen LogP contribution in [-0.2, 0) is 24.2 Å². The number of nitrogens with one attached hydrogen (secondary N) is 1. The van der Waals surface area contributed by atoms with Crippen LogP contribution in [0, 0.1) is 11.3 Å². The Kier molecular flexibility index (Phi) is 6.30. The monoisotopic (exact) mass is 431 g/mol. The second-order valence-corrected chi connectivity index (χ2v) is 8.50. The van der Waals surface area contributed by atoms with Gasteiger partial charge in [-0.2, -0.15) is 5.26 Å². The number of nitrogens with zero attached hydrogens (tertiary/aromatic N) is 6. The molecule has 4 heterocycles. The average molecular weight is 432 g/mol. The first kappa shape index (κ1) is 20.9. The number of rotatable bonds is 7. The number of aromatic nitrogens is 3. The zero-order chi connectivity index (χ0) is 21.8. The maximum atomic E-state index is 10.1. The van der Waals surface area contributed by atoms with Crippen LogP contribution in [0.4, 0.5) is 5.82 Å². The minimum atomic E-state index is 0.734. The predicted molar refractivity (Wildman–Crippen MR) is 122 cm³/mol. The first-order valence-corrected chi connectivity index (χ1v) is 11.4. The Morgan fingerprint density at radius 1 is 1.06 bits per heavy atom. The Hall–Kier alpha value is -2.99. The van der Waals surface area contributed by atoms with Gasteiger partial charge in [-0.15, -0.1) is 10.2 Å². The summed E-state index contributed by atoms with van der Waals surface area (Å²) in [5.74, 6) is 0.824. The normalized spacial score (nSPS) is 17.2. The molecule has 0 spiro atoms. The smallest absolute Gasteiger partial charge is 0.167 e. The van der Waals surface area contributed by atoms with Crippen LogP contribution in [0.5, 0.6) is 0 Å². The zero-order valence-electron chi connectivity index (χ0n) is 18.3. The Morgan fingerprint density at radius 3 is 2.72 bits per heavy atom. The molecule has 8 heteroatoms. The third-order valence-corrected chi connectivity index (χ3v) is 6.43. The first-order valence-electron chi connectivity index (χ1n) is 11.4. The van der Waals surface area contributed by atoms with E-state index in [1.165, 1.54) is 5.56 Å². The fourth-order valence-electron chi connectivity index (χ4n) is 4.77. The van der Waals surface area contributed by atoms with Crippen LogP contribution < -0.4 is 5.32 Å². The van der Waals surface area contributed by atoms with Crippen molar-refractivity contribution in [2.75, 3.05) is 51.3 Å². The highest BCUT2D eigenvalue weighted by atomic mass is 16.5. The number of fused-ring (bicyclic) bond motifs is 3. The molecule has 0 atom stereocenters. The van der Waals surface area contributed by atoms with Crippen LogP contribution in [0.15, 0.2) is 36.7 Å². The van der Waals surface area contributed by atoms with Crippen molar-refractivity contribution in [2.24, 2.45) is 0 Å². The van der Waals surface area contributed by atoms with Crippen molar-refractivity contribution in [1.29, 1.82) is 5.26 Å². The Morgan fingerprint density at radius 2 is 1.91 bits per heavy atom. The van der Waals surface area contributed by atoms with Crippen LogP contribution in [0.2, 0.25) is 0 Å². The lowest BCUT2D eigenvalue weighted by atomic mass is 9.95. The summed E-state index contributed by atoms with van der Waals surface area (Å²) in [6.45, 7) is 8.06. The summed E-state index contributed by atoms with van der Waals surface area (Å²) >= 11 is 0. The summed E-state index contributed by atoms with van der Waals surface area (Å²) in [5, 5.41) is 22.2. The highest BCUT2D eigenvalue weighted by Gasteiger charge is 2.26. The summed E-state index contributed by atoms with van der Waals surface area (Å²) in [6.07, 6.45) is 3.57. The molecule has 1 aromatic carbocycles. The number of benzene rings is 1. The number of hydrogen-bond acceptors (Lipinski definition) is 7. The topological polar surface area (TPSA) is 81.7 Å². The van der Waals surface area contributed by atoms with Crippen LogP contribution in [-0.4, -0.2) is 70.3 Å². The van der Waals surface area contributed by atoms with Gasteiger partial charge in [-0.05, 0) is 30.5 Å². The van der Waals surface area contributed by atoms with Crippen molar-refractivity contribution in [1.82, 2.24) is 24.4 Å². The molecule has 3 aromatic rings. The molecule has 5 rings (SSSR count). The predicted octanol–water partition coefficient (Wildman–Crippen LogP) is 2.29. The summed E-state index contributed by atoms with van der Waals surface area (Å²) in [6, 6.07) is 13.0. The van der Waals surface area contributed by atoms with E-state index in [9.17, 15) is 5.26 Å². The molecule has 0 radical (unpaired) electrons. The maximum Gasteiger partial charge on any atom is 0.167 e. The van der Waals surface area contributed by atoms with E-state index in [2.05, 4.69) is 55.6 Å². The third-order valence-electron chi connectivity index (χ3n) is 6.43. The SMILES string of the molecule is N#Cc1c2c(c3nncn3c1NCCCN1CCOCC1)CN(Cc1ccccc1)CC2. The van der Waals surface area contributed by atoms with Gasteiger partial charge in [0.2, 0.25) is 0 Å². The lowest BCUT2D eigenvalue weighted by Crippen LogP contribution is -2.37. The molecule has 32 heavy (non-hydrogen) atoms. The molecule has 2 aliphatic heterocycles. The third kappa shape index (κ3) is 4.32. The molecule has 8 nitrogen and oxygen atoms in total. The van der Waals surface area contributed by atoms with E-state index in [-0.39, 0.29) is 0 Å². The standard InChI is InChI=1S/C24H29N7O/c25-15-21-20-7-10-30(16-19-5-2-1-3-6-19)17-22(20)24-28-27-18-31(24)23(21)26-8-4-9-29-11-13-32-14-12-29/h1-3,5-6,18,26H,4,7-14,16-17H2. The average Bonchev–Trinajstić information content (AvgIpc) is 3.33. The molecule has 1 saturated heterocycles. The van der Waals surface area contributed by atoms with Gasteiger partial charge in [0, 0.05) is 44.8 Å². The van der Waals surface area contributed by atoms with Crippen molar-refractivity contribution in [2.45, 2.75) is 25.9 Å². The van der Waals surface area contributed by atoms with Crippen LogP contribution in [0.1, 0.15) is 28.7 Å². The maximum absolute atomic E-state index is 10.1. The van der Waals surface area contributed by atoms with E-state index in [1.807, 2.05) is 10.5 Å². The molecule has 0 unspecified atom stereocenters. The lowest BCUT2D eigenvalue weighted by Gasteiger charge is -2.30. The fourth-order valence-corrected chi connectivity index (χ4v) is 4.77. The zero-order valence-corrected chi connectivity index (χ0v) is 18.3. The van der Waals surface area contributed by atoms with Crippen LogP contribution in [0.25, 0.3) is 5.65 Å². The van der Waals surface area contributed by atoms with Gasteiger partial charge >= 0.3 is 0 Å². The van der Waals surface area contributed by atoms with E-state index >= 15 is 0 Å². The van der Waals surface area contributed by atoms with E-state index in [0.717, 1.165) is 100 Å². The van der Waals surface area contributed by atoms with E-state index in [0.29, 0.717) is 0 Å². The van der Waals surface area contributed by atoms with Crippen molar-refractivity contribution in [3.63, 3.8) is 0 Å². The van der Waals surface area contributed by atoms with Crippen molar-refractivity contribution in [3.8, 4) is 6.07 Å². The number of nitriles is 1. The van der Waals surface area contributed by atoms with Crippen LogP contribution in [0.3, 0.4) is 0 Å². The summed E-state index contributed by atoms with van der Waals surface area (Å²) in [5.41, 5.74) is 5.13. The number of morpholine rings is 1. The van der Waals surface area contributed by atoms with Crippen molar-refractivity contribution in [3.05, 3.63) is 58.9 Å². The second kappa shape index (κ2) is 9.65. The highest BCUT2D eigenvalue weighted by Crippen LogP contribution is 2.31. The molecule has 0 bridgehead atoms. The van der Waals surface area contributed by atoms with E-state index < -0.39 is 0 Å². The molecule has 1 N–H and O–H groups in total. The number of anilines is 1. The van der Waals surface area contributed by atoms with E-state index in [4.69, 9.17) is 4.74 Å². The fraction of sp³-hybridized carbons (Fsp3) is 0.458. The van der Waals surface area contributed by atoms with Gasteiger partial charge in [-0.25, -0.2) is 0 Å². The molecular formula is C24H29N7O. The molecule has 0 saturated carbocycles. The molecule has 166 valence electrons. The van der Waals surface area contributed by atoms with Gasteiger partial charge in [0.25, 0.3) is 0 Å². The molecule has 2 aromatic heterocycles. The van der Waals surface area contributed by atoms with Gasteiger partial charge in [0.05, 0.1) is 18.8 Å². The largest absolute Gasteiger partial charge is 0.379 e. The molecule has 0 aliphatic carbocycles. The Bertz CT molecular complexity index is 1100. The highest BCUT2D eigenvalue weighted by molar-refractivity contribution is 5.68. The summed E-state index contributed by atoms with van der Waals surface area (Å²) in [4.78, 5) is 4.85. The molecule has 2 aliphatic rings. The van der Waals surface area contributed by atoms with E-state index in [1.54, 1.807) is 6.33 Å². The van der Waals surface area contributed by atoms with Gasteiger partial charge in [-0.1, -0.05) is 30.3 Å². The molecule has 1 fully saturated rings. The second-order valence-electron chi connectivity index (χ2n) is 8.50. The van der Waals surface area contributed by atoms with Crippen molar-refractivity contribution < 1.29 is 4.74 Å². The van der Waals surface area contributed by atoms with Gasteiger partial charge < -0.3 is 10.1 Å². The molecule has 0 amide bonds. The Balaban J connectivity index is 1.34. The number of pyridine rings is 1. The lowest BCUT2D eigenvalue weighted by molar-refractivity contribution is 0.0378. The van der Waals surface area contributed by atoms with Gasteiger partial charge in [0.15, 0.2) is 5.65 Å². The van der Waals surface area contributed by atoms with Gasteiger partial charge in [-0.3, -0.25) is 14.2 Å². The minimum absolute atomic E-state index is 0.734. The Labute approximate surface area is 188 Å². The minimum Gasteiger partial charge on any atom is -0.379 e.